The topological polar surface area (TPSA) is 111 Å². The Balaban J connectivity index is 4.33. The maximum atomic E-state index is 12.6. The highest BCUT2D eigenvalue weighted by Gasteiger charge is 2.21. The third kappa shape index (κ3) is 38.5. The molecule has 0 aromatic carbocycles. The minimum Gasteiger partial charge on any atom is -0.756 e. The summed E-state index contributed by atoms with van der Waals surface area (Å²) < 4.78 is 33.8. The van der Waals surface area contributed by atoms with Crippen LogP contribution in [0.25, 0.3) is 0 Å². The van der Waals surface area contributed by atoms with Crippen molar-refractivity contribution in [2.24, 2.45) is 0 Å². The van der Waals surface area contributed by atoms with Crippen LogP contribution in [-0.2, 0) is 32.7 Å². The molecule has 0 radical (unpaired) electrons. The van der Waals surface area contributed by atoms with Crippen molar-refractivity contribution in [1.29, 1.82) is 0 Å². The first-order valence-electron chi connectivity index (χ1n) is 21.2. The molecule has 9 nitrogen and oxygen atoms in total. The van der Waals surface area contributed by atoms with Crippen LogP contribution in [-0.4, -0.2) is 70.0 Å². The Bertz CT molecular complexity index is 850. The monoisotopic (exact) mass is 748 g/mol. The first kappa shape index (κ1) is 50.0. The second-order valence-electron chi connectivity index (χ2n) is 15.7. The highest BCUT2D eigenvalue weighted by molar-refractivity contribution is 7.45. The molecule has 0 heterocycles. The summed E-state index contributed by atoms with van der Waals surface area (Å²) in [5.74, 6) is -0.822. The van der Waals surface area contributed by atoms with Gasteiger partial charge in [-0.25, -0.2) is 0 Å². The van der Waals surface area contributed by atoms with Gasteiger partial charge in [0, 0.05) is 12.8 Å². The summed E-state index contributed by atoms with van der Waals surface area (Å²) in [6.45, 7) is 4.25. The first-order valence-corrected chi connectivity index (χ1v) is 22.7. The number of hydrogen-bond acceptors (Lipinski definition) is 8. The van der Waals surface area contributed by atoms with E-state index in [4.69, 9.17) is 18.5 Å². The zero-order chi connectivity index (χ0) is 37.9. The highest BCUT2D eigenvalue weighted by Crippen LogP contribution is 2.38. The van der Waals surface area contributed by atoms with E-state index in [-0.39, 0.29) is 32.0 Å². The lowest BCUT2D eigenvalue weighted by atomic mass is 10.0. The predicted molar refractivity (Wildman–Crippen MR) is 208 cm³/mol. The summed E-state index contributed by atoms with van der Waals surface area (Å²) in [7, 11) is 1.18. The van der Waals surface area contributed by atoms with Crippen molar-refractivity contribution < 1.29 is 42.1 Å². The van der Waals surface area contributed by atoms with Gasteiger partial charge >= 0.3 is 11.9 Å². The van der Waals surface area contributed by atoms with E-state index in [1.54, 1.807) is 0 Å². The molecule has 0 saturated carbocycles. The van der Waals surface area contributed by atoms with Crippen LogP contribution in [0.3, 0.4) is 0 Å². The van der Waals surface area contributed by atoms with Crippen LogP contribution in [0, 0.1) is 0 Å². The Morgan fingerprint density at radius 2 is 0.882 bits per heavy atom. The molecule has 0 aliphatic carbocycles. The molecule has 0 fully saturated rings. The van der Waals surface area contributed by atoms with E-state index in [1.165, 1.54) is 135 Å². The van der Waals surface area contributed by atoms with Gasteiger partial charge in [0.2, 0.25) is 0 Å². The average Bonchev–Trinajstić information content (AvgIpc) is 3.07. The number of phosphoric acid groups is 1. The lowest BCUT2D eigenvalue weighted by molar-refractivity contribution is -0.870. The summed E-state index contributed by atoms with van der Waals surface area (Å²) in [5.41, 5.74) is 0. The minimum atomic E-state index is -4.61. The number of carbonyl (C=O) groups excluding carboxylic acids is 2. The van der Waals surface area contributed by atoms with Crippen molar-refractivity contribution in [3.8, 4) is 0 Å². The van der Waals surface area contributed by atoms with Gasteiger partial charge in [0.25, 0.3) is 7.82 Å². The summed E-state index contributed by atoms with van der Waals surface area (Å²) in [6.07, 6.45) is 32.6. The van der Waals surface area contributed by atoms with Crippen molar-refractivity contribution in [1.82, 2.24) is 0 Å². The van der Waals surface area contributed by atoms with Crippen molar-refractivity contribution in [2.75, 3.05) is 47.5 Å². The molecule has 0 aromatic heterocycles. The third-order valence-electron chi connectivity index (χ3n) is 9.38. The second kappa shape index (κ2) is 34.8. The Morgan fingerprint density at radius 3 is 1.25 bits per heavy atom. The molecule has 0 N–H and O–H groups in total. The molecule has 0 aliphatic rings. The van der Waals surface area contributed by atoms with Crippen LogP contribution in [0.15, 0.2) is 0 Å². The van der Waals surface area contributed by atoms with E-state index in [1.807, 2.05) is 21.1 Å². The summed E-state index contributed by atoms with van der Waals surface area (Å²) >= 11 is 0. The molecule has 0 saturated heterocycles. The molecule has 0 spiro atoms. The Hall–Kier alpha value is -0.990. The van der Waals surface area contributed by atoms with Crippen molar-refractivity contribution in [2.45, 2.75) is 206 Å². The fraction of sp³-hybridized carbons (Fsp3) is 0.951. The van der Waals surface area contributed by atoms with E-state index in [2.05, 4.69) is 13.8 Å². The quantitative estimate of drug-likeness (QED) is 0.0264. The Morgan fingerprint density at radius 1 is 0.529 bits per heavy atom. The molecule has 2 unspecified atom stereocenters. The minimum absolute atomic E-state index is 0.0259. The number of esters is 2. The smallest absolute Gasteiger partial charge is 0.306 e. The van der Waals surface area contributed by atoms with E-state index in [9.17, 15) is 19.0 Å². The van der Waals surface area contributed by atoms with Crippen molar-refractivity contribution in [3.63, 3.8) is 0 Å². The van der Waals surface area contributed by atoms with E-state index in [0.29, 0.717) is 17.4 Å². The van der Waals surface area contributed by atoms with Crippen LogP contribution in [0.2, 0.25) is 0 Å². The summed E-state index contributed by atoms with van der Waals surface area (Å²) in [4.78, 5) is 37.4. The van der Waals surface area contributed by atoms with Crippen molar-refractivity contribution >= 4 is 19.8 Å². The number of unbranched alkanes of at least 4 members (excludes halogenated alkanes) is 25. The molecule has 304 valence electrons. The van der Waals surface area contributed by atoms with Gasteiger partial charge in [-0.15, -0.1) is 0 Å². The number of quaternary nitrogens is 1. The fourth-order valence-corrected chi connectivity index (χ4v) is 6.74. The van der Waals surface area contributed by atoms with Gasteiger partial charge < -0.3 is 27.9 Å². The largest absolute Gasteiger partial charge is 0.756 e. The number of phosphoric ester groups is 1. The number of rotatable bonds is 39. The molecule has 0 rings (SSSR count). The van der Waals surface area contributed by atoms with Crippen LogP contribution in [0.5, 0.6) is 0 Å². The molecule has 0 bridgehead atoms. The normalized spacial score (nSPS) is 13.6. The SMILES string of the molecule is CCCCCCCCCCCCCCCCCC(=O)OCC(COP(=O)([O-])OCC[N+](C)(C)C)OC(=O)CCCCCCCCCCCCCC. The van der Waals surface area contributed by atoms with E-state index < -0.39 is 26.5 Å². The standard InChI is InChI=1S/C41H82NO8P/c1-6-8-10-12-14-16-18-20-21-22-24-25-27-29-31-33-40(43)47-37-39(38-49-51(45,46)48-36-35-42(3,4)5)50-41(44)34-32-30-28-26-23-19-17-15-13-11-9-7-2/h39H,6-38H2,1-5H3. The number of ether oxygens (including phenoxy) is 2. The summed E-state index contributed by atoms with van der Waals surface area (Å²) in [6, 6.07) is 0. The molecule has 2 atom stereocenters. The predicted octanol–water partition coefficient (Wildman–Crippen LogP) is 11.0. The zero-order valence-electron chi connectivity index (χ0n) is 34.1. The van der Waals surface area contributed by atoms with Crippen molar-refractivity contribution in [3.05, 3.63) is 0 Å². The van der Waals surface area contributed by atoms with Gasteiger partial charge in [0.1, 0.15) is 19.8 Å². The van der Waals surface area contributed by atoms with Gasteiger partial charge in [0.15, 0.2) is 6.10 Å². The number of hydrogen-bond donors (Lipinski definition) is 0. The molecule has 0 aliphatic heterocycles. The Kier molecular flexibility index (Phi) is 34.1. The number of carbonyl (C=O) groups is 2. The van der Waals surface area contributed by atoms with E-state index in [0.717, 1.165) is 32.1 Å². The van der Waals surface area contributed by atoms with Crippen LogP contribution >= 0.6 is 7.82 Å². The van der Waals surface area contributed by atoms with Gasteiger partial charge in [-0.3, -0.25) is 14.2 Å². The molecular formula is C41H82NO8P. The Labute approximate surface area is 314 Å². The maximum absolute atomic E-state index is 12.6. The number of nitrogens with zero attached hydrogens (tertiary/aromatic N) is 1. The van der Waals surface area contributed by atoms with Gasteiger partial charge in [-0.1, -0.05) is 174 Å². The molecular weight excluding hydrogens is 665 g/mol. The maximum Gasteiger partial charge on any atom is 0.306 e. The zero-order valence-corrected chi connectivity index (χ0v) is 35.0. The lowest BCUT2D eigenvalue weighted by Crippen LogP contribution is -2.37. The molecule has 51 heavy (non-hydrogen) atoms. The van der Waals surface area contributed by atoms with E-state index >= 15 is 0 Å². The molecule has 10 heteroatoms. The van der Waals surface area contributed by atoms with Gasteiger partial charge in [0.05, 0.1) is 27.7 Å². The van der Waals surface area contributed by atoms with Gasteiger partial charge in [-0.2, -0.15) is 0 Å². The fourth-order valence-electron chi connectivity index (χ4n) is 6.01. The van der Waals surface area contributed by atoms with Gasteiger partial charge in [-0.05, 0) is 12.8 Å². The third-order valence-corrected chi connectivity index (χ3v) is 10.3. The summed E-state index contributed by atoms with van der Waals surface area (Å²) in [5, 5.41) is 0. The van der Waals surface area contributed by atoms with Crippen LogP contribution in [0.4, 0.5) is 0 Å². The number of likely N-dealkylation sites (N-methyl/N-ethyl adjacent to an activating group) is 1. The average molecular weight is 748 g/mol. The first-order chi connectivity index (χ1) is 24.5. The van der Waals surface area contributed by atoms with Crippen LogP contribution in [0.1, 0.15) is 200 Å². The molecule has 0 aromatic rings. The molecule has 0 amide bonds. The highest BCUT2D eigenvalue weighted by atomic mass is 31.2. The lowest BCUT2D eigenvalue weighted by Gasteiger charge is -2.28. The second-order valence-corrected chi connectivity index (χ2v) is 17.1. The van der Waals surface area contributed by atoms with Crippen LogP contribution < -0.4 is 4.89 Å².